The Morgan fingerprint density at radius 3 is 2.33 bits per heavy atom. The van der Waals surface area contributed by atoms with Gasteiger partial charge < -0.3 is 5.73 Å². The smallest absolute Gasteiger partial charge is 0.261 e. The van der Waals surface area contributed by atoms with Crippen molar-refractivity contribution in [2.45, 2.75) is 25.7 Å². The number of nitrogens with two attached hydrogens (primary N) is 1. The van der Waals surface area contributed by atoms with E-state index in [0.717, 1.165) is 11.1 Å². The average molecular weight is 325 g/mol. The standard InChI is InChI=1S/C15H17ClN2O2S/c1-9-4-5-10(2)14(6-9)18-21(19,20)12-7-11(3)15(16)13(17)8-12/h4-8,18H,17H2,1-3H3. The van der Waals surface area contributed by atoms with Crippen LogP contribution in [0.3, 0.4) is 0 Å². The number of halogens is 1. The normalized spacial score (nSPS) is 11.4. The lowest BCUT2D eigenvalue weighted by atomic mass is 10.1. The van der Waals surface area contributed by atoms with Crippen molar-refractivity contribution in [3.63, 3.8) is 0 Å². The first-order chi connectivity index (χ1) is 9.70. The molecule has 6 heteroatoms. The van der Waals surface area contributed by atoms with Crippen LogP contribution in [0.5, 0.6) is 0 Å². The number of benzene rings is 2. The molecule has 0 atom stereocenters. The van der Waals surface area contributed by atoms with Gasteiger partial charge >= 0.3 is 0 Å². The zero-order valence-corrected chi connectivity index (χ0v) is 13.6. The van der Waals surface area contributed by atoms with Crippen LogP contribution < -0.4 is 10.5 Å². The summed E-state index contributed by atoms with van der Waals surface area (Å²) in [6, 6.07) is 8.46. The van der Waals surface area contributed by atoms with Crippen molar-refractivity contribution in [1.82, 2.24) is 0 Å². The van der Waals surface area contributed by atoms with Crippen LogP contribution in [-0.2, 0) is 10.0 Å². The Bertz CT molecular complexity index is 778. The van der Waals surface area contributed by atoms with Gasteiger partial charge in [-0.1, -0.05) is 23.7 Å². The lowest BCUT2D eigenvalue weighted by Crippen LogP contribution is -2.14. The second kappa shape index (κ2) is 5.58. The molecule has 0 spiro atoms. The molecule has 0 bridgehead atoms. The number of aryl methyl sites for hydroxylation is 3. The van der Waals surface area contributed by atoms with E-state index in [1.807, 2.05) is 26.0 Å². The van der Waals surface area contributed by atoms with Gasteiger partial charge in [-0.2, -0.15) is 0 Å². The van der Waals surface area contributed by atoms with Crippen molar-refractivity contribution in [3.8, 4) is 0 Å². The monoisotopic (exact) mass is 324 g/mol. The molecule has 0 aliphatic carbocycles. The van der Waals surface area contributed by atoms with Crippen molar-refractivity contribution in [3.05, 3.63) is 52.0 Å². The fourth-order valence-electron chi connectivity index (χ4n) is 1.97. The molecule has 112 valence electrons. The van der Waals surface area contributed by atoms with E-state index >= 15 is 0 Å². The highest BCUT2D eigenvalue weighted by molar-refractivity contribution is 7.92. The number of sulfonamides is 1. The average Bonchev–Trinajstić information content (AvgIpc) is 2.39. The van der Waals surface area contributed by atoms with Crippen LogP contribution in [-0.4, -0.2) is 8.42 Å². The summed E-state index contributed by atoms with van der Waals surface area (Å²) < 4.78 is 27.5. The molecule has 0 heterocycles. The number of rotatable bonds is 3. The summed E-state index contributed by atoms with van der Waals surface area (Å²) in [6.45, 7) is 5.47. The second-order valence-electron chi connectivity index (χ2n) is 5.07. The molecule has 0 aliphatic heterocycles. The van der Waals surface area contributed by atoms with Crippen LogP contribution in [0.2, 0.25) is 5.02 Å². The Morgan fingerprint density at radius 1 is 1.05 bits per heavy atom. The molecule has 21 heavy (non-hydrogen) atoms. The number of hydrogen-bond acceptors (Lipinski definition) is 3. The molecule has 4 nitrogen and oxygen atoms in total. The van der Waals surface area contributed by atoms with Crippen molar-refractivity contribution in [2.24, 2.45) is 0 Å². The summed E-state index contributed by atoms with van der Waals surface area (Å²) in [7, 11) is -3.70. The van der Waals surface area contributed by atoms with E-state index in [0.29, 0.717) is 16.3 Å². The Labute approximate surface area is 130 Å². The number of nitrogens with one attached hydrogen (secondary N) is 1. The van der Waals surface area contributed by atoms with E-state index in [1.165, 1.54) is 12.1 Å². The van der Waals surface area contributed by atoms with E-state index in [9.17, 15) is 8.42 Å². The first-order valence-electron chi connectivity index (χ1n) is 6.36. The first kappa shape index (κ1) is 15.7. The van der Waals surface area contributed by atoms with E-state index < -0.39 is 10.0 Å². The zero-order chi connectivity index (χ0) is 15.8. The highest BCUT2D eigenvalue weighted by Crippen LogP contribution is 2.28. The number of nitrogen functional groups attached to an aromatic ring is 1. The molecular weight excluding hydrogens is 308 g/mol. The lowest BCUT2D eigenvalue weighted by molar-refractivity contribution is 0.601. The molecule has 0 radical (unpaired) electrons. The molecular formula is C15H17ClN2O2S. The molecule has 2 aromatic carbocycles. The van der Waals surface area contributed by atoms with Crippen molar-refractivity contribution >= 4 is 33.0 Å². The van der Waals surface area contributed by atoms with Gasteiger partial charge in [0.1, 0.15) is 0 Å². The minimum absolute atomic E-state index is 0.0998. The van der Waals surface area contributed by atoms with Crippen molar-refractivity contribution in [1.29, 1.82) is 0 Å². The maximum absolute atomic E-state index is 12.5. The van der Waals surface area contributed by atoms with Gasteiger partial charge in [0, 0.05) is 0 Å². The minimum atomic E-state index is -3.70. The first-order valence-corrected chi connectivity index (χ1v) is 8.22. The lowest BCUT2D eigenvalue weighted by Gasteiger charge is -2.13. The van der Waals surface area contributed by atoms with Gasteiger partial charge in [-0.3, -0.25) is 4.72 Å². The summed E-state index contributed by atoms with van der Waals surface area (Å²) in [5, 5.41) is 0.376. The van der Waals surface area contributed by atoms with Gasteiger partial charge in [-0.15, -0.1) is 0 Å². The van der Waals surface area contributed by atoms with Crippen LogP contribution in [0.4, 0.5) is 11.4 Å². The fourth-order valence-corrected chi connectivity index (χ4v) is 3.32. The highest BCUT2D eigenvalue weighted by Gasteiger charge is 2.18. The minimum Gasteiger partial charge on any atom is -0.397 e. The van der Waals surface area contributed by atoms with E-state index in [2.05, 4.69) is 4.72 Å². The van der Waals surface area contributed by atoms with Gasteiger partial charge in [0.15, 0.2) is 0 Å². The Kier molecular flexibility index (Phi) is 4.16. The third kappa shape index (κ3) is 3.31. The van der Waals surface area contributed by atoms with E-state index in [4.69, 9.17) is 17.3 Å². The van der Waals surface area contributed by atoms with Gasteiger partial charge in [-0.05, 0) is 55.7 Å². The van der Waals surface area contributed by atoms with Crippen LogP contribution in [0.15, 0.2) is 35.2 Å². The molecule has 2 aromatic rings. The summed E-state index contributed by atoms with van der Waals surface area (Å²) in [6.07, 6.45) is 0. The Hall–Kier alpha value is -1.72. The fraction of sp³-hybridized carbons (Fsp3) is 0.200. The SMILES string of the molecule is Cc1ccc(C)c(NS(=O)(=O)c2cc(C)c(Cl)c(N)c2)c1. The molecule has 0 amide bonds. The van der Waals surface area contributed by atoms with Crippen LogP contribution in [0.25, 0.3) is 0 Å². The Morgan fingerprint density at radius 2 is 1.71 bits per heavy atom. The molecule has 0 fully saturated rings. The molecule has 3 N–H and O–H groups in total. The van der Waals surface area contributed by atoms with Gasteiger partial charge in [-0.25, -0.2) is 8.42 Å². The topological polar surface area (TPSA) is 72.2 Å². The van der Waals surface area contributed by atoms with Crippen LogP contribution in [0.1, 0.15) is 16.7 Å². The maximum atomic E-state index is 12.5. The van der Waals surface area contributed by atoms with Crippen molar-refractivity contribution in [2.75, 3.05) is 10.5 Å². The summed E-state index contributed by atoms with van der Waals surface area (Å²) in [5.41, 5.74) is 9.00. The third-order valence-electron chi connectivity index (χ3n) is 3.20. The van der Waals surface area contributed by atoms with Gasteiger partial charge in [0.2, 0.25) is 0 Å². The Balaban J connectivity index is 2.46. The summed E-state index contributed by atoms with van der Waals surface area (Å²) in [5.74, 6) is 0. The molecule has 0 aromatic heterocycles. The third-order valence-corrected chi connectivity index (χ3v) is 5.07. The molecule has 2 rings (SSSR count). The largest absolute Gasteiger partial charge is 0.397 e. The molecule has 0 unspecified atom stereocenters. The molecule has 0 saturated carbocycles. The summed E-state index contributed by atoms with van der Waals surface area (Å²) >= 11 is 5.97. The number of hydrogen-bond donors (Lipinski definition) is 2. The zero-order valence-electron chi connectivity index (χ0n) is 12.1. The molecule has 0 saturated heterocycles. The van der Waals surface area contributed by atoms with E-state index in [1.54, 1.807) is 13.0 Å². The van der Waals surface area contributed by atoms with E-state index in [-0.39, 0.29) is 10.6 Å². The van der Waals surface area contributed by atoms with Crippen molar-refractivity contribution < 1.29 is 8.42 Å². The quantitative estimate of drug-likeness (QED) is 0.846. The van der Waals surface area contributed by atoms with Gasteiger partial charge in [0.25, 0.3) is 10.0 Å². The van der Waals surface area contributed by atoms with Gasteiger partial charge in [0.05, 0.1) is 21.3 Å². The predicted octanol–water partition coefficient (Wildman–Crippen LogP) is 3.65. The van der Waals surface area contributed by atoms with Crippen LogP contribution in [0, 0.1) is 20.8 Å². The van der Waals surface area contributed by atoms with Crippen LogP contribution >= 0.6 is 11.6 Å². The number of anilines is 2. The highest BCUT2D eigenvalue weighted by atomic mass is 35.5. The predicted molar refractivity (Wildman–Crippen MR) is 87.3 cm³/mol. The molecule has 0 aliphatic rings. The summed E-state index contributed by atoms with van der Waals surface area (Å²) in [4.78, 5) is 0.0998. The maximum Gasteiger partial charge on any atom is 0.261 e. The second-order valence-corrected chi connectivity index (χ2v) is 7.13.